The van der Waals surface area contributed by atoms with Crippen molar-refractivity contribution in [2.24, 2.45) is 0 Å². The summed E-state index contributed by atoms with van der Waals surface area (Å²) in [5.41, 5.74) is 3.12. The number of nitrogens with one attached hydrogen (secondary N) is 1. The summed E-state index contributed by atoms with van der Waals surface area (Å²) in [4.78, 5) is 8.91. The van der Waals surface area contributed by atoms with E-state index in [9.17, 15) is 8.42 Å². The zero-order valence-electron chi connectivity index (χ0n) is 15.4. The van der Waals surface area contributed by atoms with Crippen LogP contribution in [0.1, 0.15) is 18.2 Å². The molecule has 0 aliphatic rings. The van der Waals surface area contributed by atoms with Crippen molar-refractivity contribution in [2.75, 3.05) is 4.72 Å². The molecule has 1 aromatic carbocycles. The molecule has 4 aromatic rings. The molecule has 6 nitrogen and oxygen atoms in total. The Kier molecular flexibility index (Phi) is 4.83. The van der Waals surface area contributed by atoms with Gasteiger partial charge in [0.1, 0.15) is 10.5 Å². The Hall–Kier alpha value is -3.19. The van der Waals surface area contributed by atoms with E-state index in [1.165, 1.54) is 0 Å². The Morgan fingerprint density at radius 3 is 2.46 bits per heavy atom. The average Bonchev–Trinajstić information content (AvgIpc) is 3.09. The molecule has 0 spiro atoms. The molecule has 3 aromatic heterocycles. The van der Waals surface area contributed by atoms with Crippen LogP contribution in [0, 0.1) is 0 Å². The van der Waals surface area contributed by atoms with Crippen LogP contribution in [-0.2, 0) is 23.0 Å². The first-order chi connectivity index (χ1) is 13.6. The van der Waals surface area contributed by atoms with Crippen molar-refractivity contribution < 1.29 is 8.42 Å². The zero-order chi connectivity index (χ0) is 19.6. The SMILES string of the molecule is CCc1ccc(NS(=O)(=O)c2cn(Cc3ccccn3)c3ncccc23)cc1. The standard InChI is InChI=1S/C21H20N4O2S/c1-2-16-8-10-17(11-9-16)24-28(26,27)20-15-25(14-18-6-3-4-12-22-18)21-19(20)7-5-13-23-21/h3-13,15,24H,2,14H2,1H3. The van der Waals surface area contributed by atoms with Crippen molar-refractivity contribution >= 4 is 26.7 Å². The number of fused-ring (bicyclic) bond motifs is 1. The second-order valence-corrected chi connectivity index (χ2v) is 8.12. The summed E-state index contributed by atoms with van der Waals surface area (Å²) >= 11 is 0. The second kappa shape index (κ2) is 7.44. The van der Waals surface area contributed by atoms with Crippen LogP contribution in [0.4, 0.5) is 5.69 Å². The number of rotatable bonds is 6. The molecular formula is C21H20N4O2S. The lowest BCUT2D eigenvalue weighted by Crippen LogP contribution is -2.12. The first-order valence-corrected chi connectivity index (χ1v) is 10.5. The second-order valence-electron chi connectivity index (χ2n) is 6.47. The van der Waals surface area contributed by atoms with E-state index in [0.717, 1.165) is 17.7 Å². The number of anilines is 1. The highest BCUT2D eigenvalue weighted by Crippen LogP contribution is 2.26. The molecule has 0 fully saturated rings. The maximum Gasteiger partial charge on any atom is 0.264 e. The lowest BCUT2D eigenvalue weighted by Gasteiger charge is -2.07. The topological polar surface area (TPSA) is 76.9 Å². The maximum atomic E-state index is 13.1. The number of pyridine rings is 2. The van der Waals surface area contributed by atoms with E-state index in [2.05, 4.69) is 21.6 Å². The van der Waals surface area contributed by atoms with Crippen LogP contribution in [-0.4, -0.2) is 23.0 Å². The molecule has 0 saturated carbocycles. The average molecular weight is 392 g/mol. The van der Waals surface area contributed by atoms with Gasteiger partial charge in [-0.1, -0.05) is 25.1 Å². The number of benzene rings is 1. The van der Waals surface area contributed by atoms with Gasteiger partial charge in [-0.3, -0.25) is 9.71 Å². The molecule has 0 aliphatic heterocycles. The smallest absolute Gasteiger partial charge is 0.264 e. The first kappa shape index (κ1) is 18.2. The van der Waals surface area contributed by atoms with Gasteiger partial charge in [0.25, 0.3) is 10.0 Å². The lowest BCUT2D eigenvalue weighted by atomic mass is 10.2. The van der Waals surface area contributed by atoms with Gasteiger partial charge in [-0.05, 0) is 48.4 Å². The van der Waals surface area contributed by atoms with Crippen molar-refractivity contribution in [2.45, 2.75) is 24.8 Å². The number of hydrogen-bond donors (Lipinski definition) is 1. The third-order valence-electron chi connectivity index (χ3n) is 4.56. The van der Waals surface area contributed by atoms with Crippen molar-refractivity contribution in [3.8, 4) is 0 Å². The van der Waals surface area contributed by atoms with Crippen LogP contribution >= 0.6 is 0 Å². The quantitative estimate of drug-likeness (QED) is 0.541. The highest BCUT2D eigenvalue weighted by atomic mass is 32.2. The molecule has 0 amide bonds. The molecule has 0 aliphatic carbocycles. The van der Waals surface area contributed by atoms with E-state index in [0.29, 0.717) is 23.3 Å². The molecule has 28 heavy (non-hydrogen) atoms. The van der Waals surface area contributed by atoms with Crippen LogP contribution in [0.2, 0.25) is 0 Å². The molecule has 3 heterocycles. The van der Waals surface area contributed by atoms with E-state index in [4.69, 9.17) is 0 Å². The summed E-state index contributed by atoms with van der Waals surface area (Å²) in [6, 6.07) is 16.6. The monoisotopic (exact) mass is 392 g/mol. The van der Waals surface area contributed by atoms with Gasteiger partial charge in [0.05, 0.1) is 12.2 Å². The zero-order valence-corrected chi connectivity index (χ0v) is 16.2. The van der Waals surface area contributed by atoms with Crippen molar-refractivity contribution in [1.82, 2.24) is 14.5 Å². The summed E-state index contributed by atoms with van der Waals surface area (Å²) in [6.07, 6.45) is 5.90. The number of hydrogen-bond acceptors (Lipinski definition) is 4. The molecule has 0 unspecified atom stereocenters. The maximum absolute atomic E-state index is 13.1. The molecule has 4 rings (SSSR count). The van der Waals surface area contributed by atoms with Crippen LogP contribution in [0.25, 0.3) is 11.0 Å². The van der Waals surface area contributed by atoms with Crippen LogP contribution in [0.15, 0.2) is 78.1 Å². The first-order valence-electron chi connectivity index (χ1n) is 9.02. The Labute approximate surface area is 163 Å². The lowest BCUT2D eigenvalue weighted by molar-refractivity contribution is 0.601. The van der Waals surface area contributed by atoms with Gasteiger partial charge in [0.15, 0.2) is 0 Å². The van der Waals surface area contributed by atoms with Gasteiger partial charge in [-0.15, -0.1) is 0 Å². The Morgan fingerprint density at radius 1 is 0.964 bits per heavy atom. The highest BCUT2D eigenvalue weighted by Gasteiger charge is 2.22. The molecule has 0 radical (unpaired) electrons. The fourth-order valence-corrected chi connectivity index (χ4v) is 4.38. The predicted molar refractivity (Wildman–Crippen MR) is 110 cm³/mol. The van der Waals surface area contributed by atoms with Crippen molar-refractivity contribution in [1.29, 1.82) is 0 Å². The van der Waals surface area contributed by atoms with Gasteiger partial charge in [-0.25, -0.2) is 13.4 Å². The van der Waals surface area contributed by atoms with Crippen molar-refractivity contribution in [3.05, 3.63) is 84.4 Å². The third kappa shape index (κ3) is 3.61. The normalized spacial score (nSPS) is 11.6. The van der Waals surface area contributed by atoms with Gasteiger partial charge >= 0.3 is 0 Å². The third-order valence-corrected chi connectivity index (χ3v) is 5.97. The van der Waals surface area contributed by atoms with Crippen molar-refractivity contribution in [3.63, 3.8) is 0 Å². The van der Waals surface area contributed by atoms with E-state index >= 15 is 0 Å². The Morgan fingerprint density at radius 2 is 1.75 bits per heavy atom. The fraction of sp³-hybridized carbons (Fsp3) is 0.143. The summed E-state index contributed by atoms with van der Waals surface area (Å²) in [6.45, 7) is 2.50. The predicted octanol–water partition coefficient (Wildman–Crippen LogP) is 3.84. The minimum absolute atomic E-state index is 0.200. The Balaban J connectivity index is 1.72. The summed E-state index contributed by atoms with van der Waals surface area (Å²) in [7, 11) is -3.76. The summed E-state index contributed by atoms with van der Waals surface area (Å²) < 4.78 is 30.6. The summed E-state index contributed by atoms with van der Waals surface area (Å²) in [5.74, 6) is 0. The molecular weight excluding hydrogens is 372 g/mol. The van der Waals surface area contributed by atoms with E-state index < -0.39 is 10.0 Å². The number of aromatic nitrogens is 3. The molecule has 0 atom stereocenters. The molecule has 142 valence electrons. The number of aryl methyl sites for hydroxylation is 1. The summed E-state index contributed by atoms with van der Waals surface area (Å²) in [5, 5.41) is 0.580. The number of nitrogens with zero attached hydrogens (tertiary/aromatic N) is 3. The molecule has 0 saturated heterocycles. The fourth-order valence-electron chi connectivity index (χ4n) is 3.11. The van der Waals surface area contributed by atoms with Crippen LogP contribution in [0.5, 0.6) is 0 Å². The molecule has 7 heteroatoms. The van der Waals surface area contributed by atoms with Crippen LogP contribution < -0.4 is 4.72 Å². The minimum Gasteiger partial charge on any atom is -0.325 e. The van der Waals surface area contributed by atoms with Gasteiger partial charge in [-0.2, -0.15) is 0 Å². The van der Waals surface area contributed by atoms with E-state index in [1.54, 1.807) is 42.9 Å². The largest absolute Gasteiger partial charge is 0.325 e. The highest BCUT2D eigenvalue weighted by molar-refractivity contribution is 7.93. The van der Waals surface area contributed by atoms with Crippen LogP contribution in [0.3, 0.4) is 0 Å². The molecule has 1 N–H and O–H groups in total. The minimum atomic E-state index is -3.76. The van der Waals surface area contributed by atoms with Gasteiger partial charge in [0.2, 0.25) is 0 Å². The van der Waals surface area contributed by atoms with E-state index in [1.807, 2.05) is 34.9 Å². The van der Waals surface area contributed by atoms with Gasteiger partial charge < -0.3 is 4.57 Å². The molecule has 0 bridgehead atoms. The Bertz CT molecular complexity index is 1200. The number of sulfonamides is 1. The van der Waals surface area contributed by atoms with E-state index in [-0.39, 0.29) is 4.90 Å². The van der Waals surface area contributed by atoms with Gasteiger partial charge in [0, 0.05) is 29.7 Å².